The van der Waals surface area contributed by atoms with Gasteiger partial charge in [-0.2, -0.15) is 0 Å². The number of fused-ring (bicyclic) bond motifs is 1. The molecule has 1 aliphatic rings. The Morgan fingerprint density at radius 3 is 2.34 bits per heavy atom. The highest BCUT2D eigenvalue weighted by Gasteiger charge is 2.35. The molecule has 0 atom stereocenters. The molecule has 1 heterocycles. The molecule has 0 spiro atoms. The smallest absolute Gasteiger partial charge is 0.338 e. The molecule has 35 heavy (non-hydrogen) atoms. The van der Waals surface area contributed by atoms with Crippen LogP contribution in [0.4, 0.5) is 5.69 Å². The van der Waals surface area contributed by atoms with Gasteiger partial charge in [0.05, 0.1) is 16.7 Å². The molecule has 1 aliphatic heterocycles. The number of para-hydroxylation sites is 1. The monoisotopic (exact) mass is 472 g/mol. The van der Waals surface area contributed by atoms with Gasteiger partial charge >= 0.3 is 5.97 Å². The summed E-state index contributed by atoms with van der Waals surface area (Å²) in [5, 5.41) is 2.77. The van der Waals surface area contributed by atoms with Gasteiger partial charge in [-0.3, -0.25) is 19.3 Å². The molecule has 0 unspecified atom stereocenters. The zero-order valence-corrected chi connectivity index (χ0v) is 19.2. The summed E-state index contributed by atoms with van der Waals surface area (Å²) in [5.41, 5.74) is 2.83. The molecular formula is C27H24N2O6. The molecule has 0 bridgehead atoms. The lowest BCUT2D eigenvalue weighted by atomic mass is 10.0. The molecule has 4 rings (SSSR count). The second-order valence-electron chi connectivity index (χ2n) is 7.90. The number of imide groups is 1. The van der Waals surface area contributed by atoms with Crippen LogP contribution in [0.1, 0.15) is 37.5 Å². The number of benzene rings is 3. The lowest BCUT2D eigenvalue weighted by molar-refractivity contribution is -0.119. The van der Waals surface area contributed by atoms with E-state index in [2.05, 4.69) is 5.32 Å². The number of anilines is 1. The first-order valence-electron chi connectivity index (χ1n) is 11.1. The quantitative estimate of drug-likeness (QED) is 0.289. The predicted molar refractivity (Wildman–Crippen MR) is 129 cm³/mol. The first-order chi connectivity index (χ1) is 17.0. The van der Waals surface area contributed by atoms with Crippen LogP contribution in [0, 0.1) is 0 Å². The van der Waals surface area contributed by atoms with Gasteiger partial charge in [0.25, 0.3) is 17.7 Å². The Morgan fingerprint density at radius 2 is 1.57 bits per heavy atom. The van der Waals surface area contributed by atoms with E-state index in [1.807, 2.05) is 42.5 Å². The topological polar surface area (TPSA) is 102 Å². The van der Waals surface area contributed by atoms with E-state index in [9.17, 15) is 19.2 Å². The molecule has 0 saturated heterocycles. The van der Waals surface area contributed by atoms with Crippen molar-refractivity contribution in [2.45, 2.75) is 6.42 Å². The van der Waals surface area contributed by atoms with Crippen LogP contribution in [0.15, 0.2) is 72.8 Å². The average Bonchev–Trinajstić information content (AvgIpc) is 3.12. The Hall–Kier alpha value is -4.30. The summed E-state index contributed by atoms with van der Waals surface area (Å²) in [7, 11) is 1.54. The standard InChI is InChI=1S/C27H24N2O6/c1-34-15-7-14-29-25(31)21-13-12-19(16-22(21)26(29)32)27(33)35-17-24(30)28-23-11-6-5-10-20(23)18-8-3-2-4-9-18/h2-6,8-13,16H,7,14-15,17H2,1H3,(H,28,30). The molecule has 0 aliphatic carbocycles. The second-order valence-corrected chi connectivity index (χ2v) is 7.90. The van der Waals surface area contributed by atoms with Crippen molar-refractivity contribution in [3.63, 3.8) is 0 Å². The normalized spacial score (nSPS) is 12.4. The number of carbonyl (C=O) groups excluding carboxylic acids is 4. The Bertz CT molecular complexity index is 1270. The lowest BCUT2D eigenvalue weighted by Crippen LogP contribution is -2.31. The highest BCUT2D eigenvalue weighted by Crippen LogP contribution is 2.28. The summed E-state index contributed by atoms with van der Waals surface area (Å²) >= 11 is 0. The summed E-state index contributed by atoms with van der Waals surface area (Å²) in [6, 6.07) is 21.1. The third-order valence-corrected chi connectivity index (χ3v) is 5.56. The number of nitrogens with one attached hydrogen (secondary N) is 1. The van der Waals surface area contributed by atoms with Crippen molar-refractivity contribution in [2.24, 2.45) is 0 Å². The van der Waals surface area contributed by atoms with E-state index in [4.69, 9.17) is 9.47 Å². The highest BCUT2D eigenvalue weighted by molar-refractivity contribution is 6.22. The maximum Gasteiger partial charge on any atom is 0.338 e. The Morgan fingerprint density at radius 1 is 0.857 bits per heavy atom. The van der Waals surface area contributed by atoms with Crippen molar-refractivity contribution in [3.8, 4) is 11.1 Å². The Balaban J connectivity index is 1.39. The number of methoxy groups -OCH3 is 1. The zero-order chi connectivity index (χ0) is 24.8. The fourth-order valence-electron chi connectivity index (χ4n) is 3.85. The third-order valence-electron chi connectivity index (χ3n) is 5.56. The van der Waals surface area contributed by atoms with E-state index in [1.54, 1.807) is 19.2 Å². The van der Waals surface area contributed by atoms with Crippen LogP contribution in [0.3, 0.4) is 0 Å². The van der Waals surface area contributed by atoms with Crippen LogP contribution in [0.25, 0.3) is 11.1 Å². The molecule has 0 saturated carbocycles. The van der Waals surface area contributed by atoms with Crippen molar-refractivity contribution >= 4 is 29.4 Å². The van der Waals surface area contributed by atoms with Gasteiger partial charge in [0, 0.05) is 31.5 Å². The minimum atomic E-state index is -0.766. The van der Waals surface area contributed by atoms with Crippen LogP contribution in [0.5, 0.6) is 0 Å². The molecule has 0 radical (unpaired) electrons. The molecule has 3 amide bonds. The SMILES string of the molecule is COCCCN1C(=O)c2ccc(C(=O)OCC(=O)Nc3ccccc3-c3ccccc3)cc2C1=O. The lowest BCUT2D eigenvalue weighted by Gasteiger charge is -2.12. The molecule has 3 aromatic carbocycles. The van der Waals surface area contributed by atoms with Crippen LogP contribution >= 0.6 is 0 Å². The average molecular weight is 472 g/mol. The fraction of sp³-hybridized carbons (Fsp3) is 0.185. The fourth-order valence-corrected chi connectivity index (χ4v) is 3.85. The van der Waals surface area contributed by atoms with E-state index < -0.39 is 30.3 Å². The number of carbonyl (C=O) groups is 4. The van der Waals surface area contributed by atoms with Gasteiger partial charge in [-0.15, -0.1) is 0 Å². The molecule has 0 aromatic heterocycles. The molecule has 8 heteroatoms. The summed E-state index contributed by atoms with van der Waals surface area (Å²) in [6.07, 6.45) is 0.513. The van der Waals surface area contributed by atoms with Crippen LogP contribution in [-0.2, 0) is 14.3 Å². The molecule has 1 N–H and O–H groups in total. The van der Waals surface area contributed by atoms with Crippen molar-refractivity contribution in [1.82, 2.24) is 4.90 Å². The number of hydrogen-bond donors (Lipinski definition) is 1. The van der Waals surface area contributed by atoms with Crippen molar-refractivity contribution in [3.05, 3.63) is 89.5 Å². The summed E-state index contributed by atoms with van der Waals surface area (Å²) < 4.78 is 10.1. The van der Waals surface area contributed by atoms with E-state index in [1.165, 1.54) is 18.2 Å². The van der Waals surface area contributed by atoms with Crippen molar-refractivity contribution < 1.29 is 28.7 Å². The van der Waals surface area contributed by atoms with E-state index in [-0.39, 0.29) is 23.2 Å². The first-order valence-corrected chi connectivity index (χ1v) is 11.1. The van der Waals surface area contributed by atoms with Gasteiger partial charge in [-0.1, -0.05) is 48.5 Å². The van der Waals surface area contributed by atoms with Crippen molar-refractivity contribution in [2.75, 3.05) is 32.2 Å². The number of rotatable bonds is 9. The van der Waals surface area contributed by atoms with Gasteiger partial charge in [-0.05, 0) is 36.2 Å². The van der Waals surface area contributed by atoms with E-state index >= 15 is 0 Å². The molecule has 0 fully saturated rings. The number of esters is 1. The van der Waals surface area contributed by atoms with Gasteiger partial charge in [0.2, 0.25) is 0 Å². The molecule has 178 valence electrons. The largest absolute Gasteiger partial charge is 0.452 e. The van der Waals surface area contributed by atoms with Gasteiger partial charge in [-0.25, -0.2) is 4.79 Å². The number of ether oxygens (including phenoxy) is 2. The number of amides is 3. The van der Waals surface area contributed by atoms with Crippen LogP contribution in [0.2, 0.25) is 0 Å². The molecule has 8 nitrogen and oxygen atoms in total. The molecular weight excluding hydrogens is 448 g/mol. The van der Waals surface area contributed by atoms with E-state index in [0.29, 0.717) is 18.7 Å². The first kappa shape index (κ1) is 23.8. The summed E-state index contributed by atoms with van der Waals surface area (Å²) in [4.78, 5) is 51.3. The highest BCUT2D eigenvalue weighted by atomic mass is 16.5. The second kappa shape index (κ2) is 10.8. The van der Waals surface area contributed by atoms with Gasteiger partial charge in [0.1, 0.15) is 0 Å². The van der Waals surface area contributed by atoms with Gasteiger partial charge < -0.3 is 14.8 Å². The minimum absolute atomic E-state index is 0.0844. The van der Waals surface area contributed by atoms with Crippen LogP contribution < -0.4 is 5.32 Å². The maximum absolute atomic E-state index is 12.6. The minimum Gasteiger partial charge on any atom is -0.452 e. The third kappa shape index (κ3) is 5.28. The van der Waals surface area contributed by atoms with Crippen LogP contribution in [-0.4, -0.2) is 55.5 Å². The Kier molecular flexibility index (Phi) is 7.32. The summed E-state index contributed by atoms with van der Waals surface area (Å²) in [5.74, 6) is -2.14. The summed E-state index contributed by atoms with van der Waals surface area (Å²) in [6.45, 7) is 0.141. The Labute approximate surface area is 202 Å². The number of hydrogen-bond acceptors (Lipinski definition) is 6. The number of nitrogens with zero attached hydrogens (tertiary/aromatic N) is 1. The van der Waals surface area contributed by atoms with Crippen molar-refractivity contribution in [1.29, 1.82) is 0 Å². The predicted octanol–water partition coefficient (Wildman–Crippen LogP) is 3.78. The zero-order valence-electron chi connectivity index (χ0n) is 19.2. The van der Waals surface area contributed by atoms with E-state index in [0.717, 1.165) is 16.0 Å². The van der Waals surface area contributed by atoms with Gasteiger partial charge in [0.15, 0.2) is 6.61 Å². The molecule has 3 aromatic rings. The maximum atomic E-state index is 12.6.